The van der Waals surface area contributed by atoms with Crippen molar-refractivity contribution in [1.29, 1.82) is 0 Å². The van der Waals surface area contributed by atoms with E-state index in [0.717, 1.165) is 6.07 Å². The van der Waals surface area contributed by atoms with Crippen LogP contribution in [0.15, 0.2) is 47.4 Å². The molecule has 2 aromatic carbocycles. The molecule has 1 aromatic heterocycles. The van der Waals surface area contributed by atoms with E-state index in [9.17, 15) is 22.4 Å². The molecule has 0 fully saturated rings. The molecule has 3 aromatic rings. The van der Waals surface area contributed by atoms with Crippen molar-refractivity contribution in [3.63, 3.8) is 0 Å². The highest BCUT2D eigenvalue weighted by atomic mass is 35.5. The minimum Gasteiger partial charge on any atom is -0.490 e. The number of hydrogen-bond donors (Lipinski definition) is 0. The van der Waals surface area contributed by atoms with Crippen molar-refractivity contribution >= 4 is 11.6 Å². The van der Waals surface area contributed by atoms with Gasteiger partial charge < -0.3 is 9.30 Å². The zero-order valence-electron chi connectivity index (χ0n) is 15.3. The van der Waals surface area contributed by atoms with Crippen molar-refractivity contribution < 1.29 is 22.3 Å². The maximum atomic E-state index is 13.4. The summed E-state index contributed by atoms with van der Waals surface area (Å²) in [6.07, 6.45) is -3.33. The third-order valence-electron chi connectivity index (χ3n) is 4.37. The van der Waals surface area contributed by atoms with E-state index in [1.54, 1.807) is 13.0 Å². The monoisotopic (exact) mass is 426 g/mol. The number of aromatic nitrogens is 2. The number of hydrogen-bond acceptors (Lipinski definition) is 3. The van der Waals surface area contributed by atoms with Gasteiger partial charge >= 0.3 is 11.7 Å². The van der Waals surface area contributed by atoms with Gasteiger partial charge in [-0.1, -0.05) is 23.7 Å². The molecule has 4 nitrogen and oxygen atoms in total. The number of halogens is 5. The number of rotatable bonds is 4. The predicted molar refractivity (Wildman–Crippen MR) is 101 cm³/mol. The molecule has 9 heteroatoms. The lowest BCUT2D eigenvalue weighted by Crippen LogP contribution is -2.18. The molecule has 0 atom stereocenters. The third-order valence-corrected chi connectivity index (χ3v) is 4.78. The Morgan fingerprint density at radius 2 is 1.93 bits per heavy atom. The third kappa shape index (κ3) is 4.27. The van der Waals surface area contributed by atoms with Crippen molar-refractivity contribution in [3.05, 3.63) is 80.5 Å². The first-order valence-electron chi connectivity index (χ1n) is 8.38. The molecule has 29 heavy (non-hydrogen) atoms. The first-order valence-corrected chi connectivity index (χ1v) is 8.76. The van der Waals surface area contributed by atoms with Gasteiger partial charge in [0.25, 0.3) is 0 Å². The number of alkyl halides is 3. The standard InChI is InChI=1S/C20H15ClF4N2O2/c1-11-8-13(22)7-6-12(11)9-27-10-16(29-2)19(28)26-18(27)14-4-3-5-15(17(14)21)20(23,24)25/h3-8,10H,9H2,1-2H3. The first kappa shape index (κ1) is 20.9. The molecule has 0 radical (unpaired) electrons. The lowest BCUT2D eigenvalue weighted by molar-refractivity contribution is -0.137. The van der Waals surface area contributed by atoms with Gasteiger partial charge in [-0.2, -0.15) is 18.2 Å². The summed E-state index contributed by atoms with van der Waals surface area (Å²) < 4.78 is 59.6. The lowest BCUT2D eigenvalue weighted by Gasteiger charge is -2.18. The van der Waals surface area contributed by atoms with E-state index in [0.29, 0.717) is 11.1 Å². The highest BCUT2D eigenvalue weighted by Crippen LogP contribution is 2.39. The quantitative estimate of drug-likeness (QED) is 0.546. The van der Waals surface area contributed by atoms with Gasteiger partial charge in [0.2, 0.25) is 5.75 Å². The summed E-state index contributed by atoms with van der Waals surface area (Å²) in [6, 6.07) is 7.54. The second-order valence-electron chi connectivity index (χ2n) is 6.30. The zero-order chi connectivity index (χ0) is 21.3. The molecule has 0 aliphatic carbocycles. The molecule has 0 unspecified atom stereocenters. The minimum absolute atomic E-state index is 0.0546. The van der Waals surface area contributed by atoms with Crippen LogP contribution in [0.4, 0.5) is 17.6 Å². The summed E-state index contributed by atoms with van der Waals surface area (Å²) in [4.78, 5) is 16.1. The van der Waals surface area contributed by atoms with Crippen molar-refractivity contribution in [2.24, 2.45) is 0 Å². The molecule has 0 bridgehead atoms. The molecule has 152 valence electrons. The molecule has 0 saturated heterocycles. The van der Waals surface area contributed by atoms with Gasteiger partial charge in [0, 0.05) is 12.1 Å². The van der Waals surface area contributed by atoms with E-state index in [-0.39, 0.29) is 23.7 Å². The Morgan fingerprint density at radius 1 is 1.21 bits per heavy atom. The van der Waals surface area contributed by atoms with Crippen molar-refractivity contribution in [3.8, 4) is 17.1 Å². The Bertz CT molecular complexity index is 1130. The summed E-state index contributed by atoms with van der Waals surface area (Å²) in [7, 11) is 1.28. The Morgan fingerprint density at radius 3 is 2.55 bits per heavy atom. The van der Waals surface area contributed by atoms with Crippen LogP contribution in [0.3, 0.4) is 0 Å². The summed E-state index contributed by atoms with van der Waals surface area (Å²) in [5.41, 5.74) is -0.526. The van der Waals surface area contributed by atoms with Crippen LogP contribution in [0.25, 0.3) is 11.4 Å². The van der Waals surface area contributed by atoms with Gasteiger partial charge in [-0.05, 0) is 42.3 Å². The van der Waals surface area contributed by atoms with Crippen molar-refractivity contribution in [2.75, 3.05) is 7.11 Å². The fourth-order valence-corrected chi connectivity index (χ4v) is 3.21. The molecule has 0 spiro atoms. The number of nitrogens with zero attached hydrogens (tertiary/aromatic N) is 2. The summed E-state index contributed by atoms with van der Waals surface area (Å²) in [6.45, 7) is 1.81. The van der Waals surface area contributed by atoms with E-state index in [1.165, 1.54) is 42.1 Å². The second-order valence-corrected chi connectivity index (χ2v) is 6.68. The van der Waals surface area contributed by atoms with Gasteiger partial charge in [0.05, 0.1) is 23.9 Å². The molecule has 0 aliphatic rings. The highest BCUT2D eigenvalue weighted by molar-refractivity contribution is 6.34. The topological polar surface area (TPSA) is 44.1 Å². The average Bonchev–Trinajstić information content (AvgIpc) is 2.64. The second kappa shape index (κ2) is 7.87. The molecule has 1 heterocycles. The molecule has 0 amide bonds. The fraction of sp³-hybridized carbons (Fsp3) is 0.200. The smallest absolute Gasteiger partial charge is 0.417 e. The number of aryl methyl sites for hydroxylation is 1. The van der Waals surface area contributed by atoms with Gasteiger partial charge in [0.15, 0.2) is 0 Å². The van der Waals surface area contributed by atoms with Gasteiger partial charge in [-0.3, -0.25) is 4.79 Å². The Hall–Kier alpha value is -2.87. The van der Waals surface area contributed by atoms with Crippen LogP contribution in [0.5, 0.6) is 5.75 Å². The average molecular weight is 427 g/mol. The fourth-order valence-electron chi connectivity index (χ4n) is 2.89. The predicted octanol–water partition coefficient (Wildman–Crippen LogP) is 5.09. The van der Waals surface area contributed by atoms with Crippen LogP contribution in [0, 0.1) is 12.7 Å². The molecular weight excluding hydrogens is 412 g/mol. The van der Waals surface area contributed by atoms with Crippen LogP contribution >= 0.6 is 11.6 Å². The van der Waals surface area contributed by atoms with Gasteiger partial charge in [0.1, 0.15) is 11.6 Å². The normalized spacial score (nSPS) is 11.6. The molecule has 3 rings (SSSR count). The van der Waals surface area contributed by atoms with E-state index in [2.05, 4.69) is 4.98 Å². The summed E-state index contributed by atoms with van der Waals surface area (Å²) in [5.74, 6) is -0.560. The van der Waals surface area contributed by atoms with Crippen LogP contribution < -0.4 is 10.3 Å². The van der Waals surface area contributed by atoms with Crippen LogP contribution in [-0.4, -0.2) is 16.7 Å². The van der Waals surface area contributed by atoms with Crippen molar-refractivity contribution in [2.45, 2.75) is 19.6 Å². The van der Waals surface area contributed by atoms with Crippen LogP contribution in [0.2, 0.25) is 5.02 Å². The number of ether oxygens (including phenoxy) is 1. The van der Waals surface area contributed by atoms with E-state index < -0.39 is 28.1 Å². The Labute approximate surface area is 168 Å². The van der Waals surface area contributed by atoms with Crippen molar-refractivity contribution in [1.82, 2.24) is 9.55 Å². The van der Waals surface area contributed by atoms with Crippen LogP contribution in [0.1, 0.15) is 16.7 Å². The first-order chi connectivity index (χ1) is 13.6. The number of methoxy groups -OCH3 is 1. The highest BCUT2D eigenvalue weighted by Gasteiger charge is 2.34. The molecule has 0 aliphatic heterocycles. The van der Waals surface area contributed by atoms with E-state index in [1.807, 2.05) is 0 Å². The van der Waals surface area contributed by atoms with E-state index in [4.69, 9.17) is 16.3 Å². The minimum atomic E-state index is -4.67. The molecular formula is C20H15ClF4N2O2. The lowest BCUT2D eigenvalue weighted by atomic mass is 10.1. The molecule has 0 N–H and O–H groups in total. The largest absolute Gasteiger partial charge is 0.490 e. The SMILES string of the molecule is COc1cn(Cc2ccc(F)cc2C)c(-c2cccc(C(F)(F)F)c2Cl)nc1=O. The Kier molecular flexibility index (Phi) is 5.66. The summed E-state index contributed by atoms with van der Waals surface area (Å²) >= 11 is 6.02. The Balaban J connectivity index is 2.22. The molecule has 0 saturated carbocycles. The number of benzene rings is 2. The zero-order valence-corrected chi connectivity index (χ0v) is 16.1. The van der Waals surface area contributed by atoms with E-state index >= 15 is 0 Å². The summed E-state index contributed by atoms with van der Waals surface area (Å²) in [5, 5.41) is -0.568. The maximum absolute atomic E-state index is 13.4. The van der Waals surface area contributed by atoms with Gasteiger partial charge in [-0.25, -0.2) is 4.39 Å². The van der Waals surface area contributed by atoms with Gasteiger partial charge in [-0.15, -0.1) is 0 Å². The maximum Gasteiger partial charge on any atom is 0.417 e. The van der Waals surface area contributed by atoms with Crippen LogP contribution in [-0.2, 0) is 12.7 Å².